The summed E-state index contributed by atoms with van der Waals surface area (Å²) in [6.45, 7) is 10.6. The maximum Gasteiger partial charge on any atom is 0.146 e. The van der Waals surface area contributed by atoms with E-state index in [4.69, 9.17) is 5.73 Å². The highest BCUT2D eigenvalue weighted by atomic mass is 19.1. The number of benzene rings is 1. The average molecular weight is 266 g/mol. The van der Waals surface area contributed by atoms with Crippen molar-refractivity contribution in [3.8, 4) is 0 Å². The first kappa shape index (κ1) is 16.0. The molecule has 2 nitrogen and oxygen atoms in total. The number of halogens is 1. The van der Waals surface area contributed by atoms with Crippen molar-refractivity contribution in [1.82, 2.24) is 4.90 Å². The third-order valence-corrected chi connectivity index (χ3v) is 3.58. The zero-order valence-corrected chi connectivity index (χ0v) is 12.6. The Kier molecular flexibility index (Phi) is 6.29. The minimum atomic E-state index is -0.313. The Morgan fingerprint density at radius 3 is 2.37 bits per heavy atom. The zero-order valence-electron chi connectivity index (χ0n) is 12.6. The molecule has 0 bridgehead atoms. The van der Waals surface area contributed by atoms with Gasteiger partial charge in [-0.1, -0.05) is 39.8 Å². The van der Waals surface area contributed by atoms with Gasteiger partial charge in [-0.3, -0.25) is 4.90 Å². The van der Waals surface area contributed by atoms with Crippen molar-refractivity contribution in [2.45, 2.75) is 53.1 Å². The van der Waals surface area contributed by atoms with E-state index in [9.17, 15) is 4.39 Å². The Labute approximate surface area is 116 Å². The molecule has 2 N–H and O–H groups in total. The average Bonchev–Trinajstić information content (AvgIpc) is 2.35. The van der Waals surface area contributed by atoms with Crippen LogP contribution in [0.5, 0.6) is 0 Å². The van der Waals surface area contributed by atoms with E-state index in [0.717, 1.165) is 31.5 Å². The molecule has 0 saturated carbocycles. The zero-order chi connectivity index (χ0) is 14.4. The molecule has 0 fully saturated rings. The lowest BCUT2D eigenvalue weighted by atomic mass is 10.0. The van der Waals surface area contributed by atoms with Crippen molar-refractivity contribution in [2.75, 3.05) is 12.3 Å². The number of rotatable bonds is 7. The van der Waals surface area contributed by atoms with Gasteiger partial charge < -0.3 is 5.73 Å². The van der Waals surface area contributed by atoms with Crippen LogP contribution in [0.15, 0.2) is 18.2 Å². The van der Waals surface area contributed by atoms with Gasteiger partial charge in [0.1, 0.15) is 5.82 Å². The van der Waals surface area contributed by atoms with Crippen LogP contribution in [0, 0.1) is 11.7 Å². The molecule has 19 heavy (non-hydrogen) atoms. The Hall–Kier alpha value is -1.09. The Morgan fingerprint density at radius 1 is 1.21 bits per heavy atom. The van der Waals surface area contributed by atoms with Crippen molar-refractivity contribution < 1.29 is 4.39 Å². The number of hydrogen-bond acceptors (Lipinski definition) is 2. The first-order valence-electron chi connectivity index (χ1n) is 7.26. The predicted octanol–water partition coefficient (Wildman–Crippen LogP) is 4.05. The van der Waals surface area contributed by atoms with E-state index in [1.807, 2.05) is 6.07 Å². The molecule has 108 valence electrons. The van der Waals surface area contributed by atoms with Crippen LogP contribution in [0.4, 0.5) is 10.1 Å². The fraction of sp³-hybridized carbons (Fsp3) is 0.625. The summed E-state index contributed by atoms with van der Waals surface area (Å²) < 4.78 is 13.5. The first-order valence-corrected chi connectivity index (χ1v) is 7.26. The van der Waals surface area contributed by atoms with E-state index in [0.29, 0.717) is 17.6 Å². The number of anilines is 1. The monoisotopic (exact) mass is 266 g/mol. The molecule has 0 aliphatic rings. The molecule has 0 spiro atoms. The van der Waals surface area contributed by atoms with Crippen molar-refractivity contribution >= 4 is 5.69 Å². The van der Waals surface area contributed by atoms with Crippen LogP contribution in [-0.4, -0.2) is 17.5 Å². The first-order chi connectivity index (χ1) is 8.99. The van der Waals surface area contributed by atoms with Crippen molar-refractivity contribution in [1.29, 1.82) is 0 Å². The van der Waals surface area contributed by atoms with Gasteiger partial charge in [0, 0.05) is 19.1 Å². The van der Waals surface area contributed by atoms with Crippen LogP contribution < -0.4 is 5.73 Å². The number of nitrogen functional groups attached to an aromatic ring is 1. The summed E-state index contributed by atoms with van der Waals surface area (Å²) in [5, 5.41) is 0. The van der Waals surface area contributed by atoms with Crippen LogP contribution in [0.2, 0.25) is 0 Å². The number of para-hydroxylation sites is 1. The van der Waals surface area contributed by atoms with E-state index in [1.54, 1.807) is 6.07 Å². The van der Waals surface area contributed by atoms with Gasteiger partial charge in [0.25, 0.3) is 0 Å². The molecule has 0 atom stereocenters. The van der Waals surface area contributed by atoms with E-state index in [2.05, 4.69) is 32.6 Å². The highest BCUT2D eigenvalue weighted by molar-refractivity contribution is 5.47. The van der Waals surface area contributed by atoms with Crippen molar-refractivity contribution in [3.05, 3.63) is 29.6 Å². The van der Waals surface area contributed by atoms with Crippen LogP contribution >= 0.6 is 0 Å². The van der Waals surface area contributed by atoms with E-state index in [-0.39, 0.29) is 5.82 Å². The number of hydrogen-bond donors (Lipinski definition) is 1. The van der Waals surface area contributed by atoms with Crippen LogP contribution in [0.25, 0.3) is 0 Å². The largest absolute Gasteiger partial charge is 0.396 e. The van der Waals surface area contributed by atoms with E-state index < -0.39 is 0 Å². The number of nitrogens with zero attached hydrogens (tertiary/aromatic N) is 1. The summed E-state index contributed by atoms with van der Waals surface area (Å²) >= 11 is 0. The van der Waals surface area contributed by atoms with Gasteiger partial charge in [0.2, 0.25) is 0 Å². The van der Waals surface area contributed by atoms with Gasteiger partial charge >= 0.3 is 0 Å². The third-order valence-electron chi connectivity index (χ3n) is 3.58. The molecule has 0 aliphatic heterocycles. The maximum absolute atomic E-state index is 13.5. The molecular formula is C16H27FN2. The molecule has 0 unspecified atom stereocenters. The molecule has 0 radical (unpaired) electrons. The molecule has 1 aromatic carbocycles. The molecular weight excluding hydrogens is 239 g/mol. The lowest BCUT2D eigenvalue weighted by Crippen LogP contribution is -2.37. The third kappa shape index (κ3) is 4.50. The lowest BCUT2D eigenvalue weighted by Gasteiger charge is -2.32. The van der Waals surface area contributed by atoms with Crippen LogP contribution in [-0.2, 0) is 6.54 Å². The van der Waals surface area contributed by atoms with Gasteiger partial charge in [0.05, 0.1) is 5.69 Å². The molecule has 0 aromatic heterocycles. The van der Waals surface area contributed by atoms with Gasteiger partial charge in [-0.15, -0.1) is 0 Å². The summed E-state index contributed by atoms with van der Waals surface area (Å²) in [5.74, 6) is 0.280. The molecule has 0 amide bonds. The second kappa shape index (κ2) is 7.49. The normalized spacial score (nSPS) is 11.8. The molecule has 1 rings (SSSR count). The summed E-state index contributed by atoms with van der Waals surface area (Å²) in [7, 11) is 0. The Balaban J connectivity index is 2.90. The maximum atomic E-state index is 13.5. The van der Waals surface area contributed by atoms with Gasteiger partial charge in [-0.05, 0) is 30.4 Å². The van der Waals surface area contributed by atoms with Gasteiger partial charge in [-0.2, -0.15) is 0 Å². The molecule has 0 heterocycles. The summed E-state index contributed by atoms with van der Waals surface area (Å²) in [4.78, 5) is 2.43. The second-order valence-corrected chi connectivity index (χ2v) is 5.61. The van der Waals surface area contributed by atoms with E-state index in [1.165, 1.54) is 6.07 Å². The lowest BCUT2D eigenvalue weighted by molar-refractivity contribution is 0.157. The molecule has 3 heteroatoms. The minimum absolute atomic E-state index is 0.294. The fourth-order valence-corrected chi connectivity index (χ4v) is 2.56. The highest BCUT2D eigenvalue weighted by Gasteiger charge is 2.18. The topological polar surface area (TPSA) is 29.3 Å². The predicted molar refractivity (Wildman–Crippen MR) is 80.4 cm³/mol. The van der Waals surface area contributed by atoms with Crippen LogP contribution in [0.3, 0.4) is 0 Å². The molecule has 1 aromatic rings. The van der Waals surface area contributed by atoms with Crippen molar-refractivity contribution in [2.24, 2.45) is 5.92 Å². The van der Waals surface area contributed by atoms with Crippen molar-refractivity contribution in [3.63, 3.8) is 0 Å². The van der Waals surface area contributed by atoms with Crippen LogP contribution in [0.1, 0.15) is 46.1 Å². The smallest absolute Gasteiger partial charge is 0.146 e. The Bertz CT molecular complexity index is 386. The Morgan fingerprint density at radius 2 is 1.84 bits per heavy atom. The summed E-state index contributed by atoms with van der Waals surface area (Å²) in [6.07, 6.45) is 2.22. The quantitative estimate of drug-likeness (QED) is 0.754. The second-order valence-electron chi connectivity index (χ2n) is 5.61. The molecule has 0 saturated heterocycles. The molecule has 0 aliphatic carbocycles. The fourth-order valence-electron chi connectivity index (χ4n) is 2.56. The summed E-state index contributed by atoms with van der Waals surface area (Å²) in [6, 6.07) is 5.61. The van der Waals surface area contributed by atoms with E-state index >= 15 is 0 Å². The SMILES string of the molecule is CCC(CC)N(Cc1cccc(F)c1N)CC(C)C. The summed E-state index contributed by atoms with van der Waals surface area (Å²) in [5.41, 5.74) is 7.03. The minimum Gasteiger partial charge on any atom is -0.396 e. The van der Waals surface area contributed by atoms with Gasteiger partial charge in [0.15, 0.2) is 0 Å². The standard InChI is InChI=1S/C16H27FN2/c1-5-14(6-2)19(10-12(3)4)11-13-8-7-9-15(17)16(13)18/h7-9,12,14H,5-6,10-11,18H2,1-4H3. The highest BCUT2D eigenvalue weighted by Crippen LogP contribution is 2.21. The van der Waals surface area contributed by atoms with Gasteiger partial charge in [-0.25, -0.2) is 4.39 Å². The number of nitrogens with two attached hydrogens (primary N) is 1.